The van der Waals surface area contributed by atoms with Gasteiger partial charge in [-0.3, -0.25) is 0 Å². The maximum Gasteiger partial charge on any atom is 0.337 e. The number of rotatable bonds is 4. The van der Waals surface area contributed by atoms with Crippen LogP contribution in [0, 0.1) is 11.3 Å². The Balaban J connectivity index is 2.40. The Hall–Kier alpha value is -2.16. The first-order chi connectivity index (χ1) is 10.0. The number of benzene rings is 2. The molecule has 2 aromatic carbocycles. The van der Waals surface area contributed by atoms with Gasteiger partial charge in [-0.05, 0) is 36.4 Å². The van der Waals surface area contributed by atoms with Gasteiger partial charge in [0.2, 0.25) is 0 Å². The van der Waals surface area contributed by atoms with Crippen LogP contribution in [0.25, 0.3) is 0 Å². The second kappa shape index (κ2) is 6.53. The van der Waals surface area contributed by atoms with Crippen LogP contribution >= 0.6 is 23.4 Å². The first kappa shape index (κ1) is 15.2. The van der Waals surface area contributed by atoms with Gasteiger partial charge in [-0.1, -0.05) is 23.4 Å². The van der Waals surface area contributed by atoms with E-state index in [9.17, 15) is 4.79 Å². The second-order valence-corrected chi connectivity index (χ2v) is 5.55. The summed E-state index contributed by atoms with van der Waals surface area (Å²) in [6, 6.07) is 11.9. The number of ether oxygens (including phenoxy) is 1. The molecule has 6 heteroatoms. The molecule has 0 aromatic heterocycles. The Bertz CT molecular complexity index is 740. The lowest BCUT2D eigenvalue weighted by molar-refractivity contribution is 0.0697. The van der Waals surface area contributed by atoms with Crippen LogP contribution in [0.4, 0.5) is 0 Å². The van der Waals surface area contributed by atoms with E-state index in [-0.39, 0.29) is 10.6 Å². The van der Waals surface area contributed by atoms with E-state index >= 15 is 0 Å². The van der Waals surface area contributed by atoms with E-state index in [2.05, 4.69) is 6.07 Å². The summed E-state index contributed by atoms with van der Waals surface area (Å²) in [5.74, 6) is -0.461. The lowest BCUT2D eigenvalue weighted by atomic mass is 10.2. The van der Waals surface area contributed by atoms with E-state index in [4.69, 9.17) is 26.7 Å². The summed E-state index contributed by atoms with van der Waals surface area (Å²) in [7, 11) is 1.54. The Labute approximate surface area is 130 Å². The Morgan fingerprint density at radius 3 is 2.71 bits per heavy atom. The molecule has 0 heterocycles. The molecule has 0 aliphatic carbocycles. The topological polar surface area (TPSA) is 70.3 Å². The molecule has 106 valence electrons. The van der Waals surface area contributed by atoms with Crippen molar-refractivity contribution in [3.63, 3.8) is 0 Å². The van der Waals surface area contributed by atoms with Crippen molar-refractivity contribution in [3.8, 4) is 11.8 Å². The summed E-state index contributed by atoms with van der Waals surface area (Å²) in [6.45, 7) is 0. The van der Waals surface area contributed by atoms with Gasteiger partial charge in [0, 0.05) is 9.79 Å². The third-order valence-electron chi connectivity index (χ3n) is 2.71. The minimum absolute atomic E-state index is 0.0306. The molecule has 0 spiro atoms. The van der Waals surface area contributed by atoms with Crippen LogP contribution < -0.4 is 4.74 Å². The lowest BCUT2D eigenvalue weighted by Crippen LogP contribution is -1.97. The van der Waals surface area contributed by atoms with Gasteiger partial charge < -0.3 is 9.84 Å². The highest BCUT2D eigenvalue weighted by Gasteiger charge is 2.12. The van der Waals surface area contributed by atoms with E-state index in [1.807, 2.05) is 0 Å². The number of carboxylic acids is 1. The fourth-order valence-electron chi connectivity index (χ4n) is 1.67. The van der Waals surface area contributed by atoms with Crippen LogP contribution in [0.5, 0.6) is 5.75 Å². The molecule has 0 fully saturated rings. The van der Waals surface area contributed by atoms with Crippen molar-refractivity contribution in [1.29, 1.82) is 5.26 Å². The number of nitrogens with zero attached hydrogens (tertiary/aromatic N) is 1. The van der Waals surface area contributed by atoms with Gasteiger partial charge in [0.15, 0.2) is 0 Å². The third kappa shape index (κ3) is 3.48. The van der Waals surface area contributed by atoms with E-state index in [0.717, 1.165) is 0 Å². The summed E-state index contributed by atoms with van der Waals surface area (Å²) >= 11 is 7.12. The van der Waals surface area contributed by atoms with Crippen molar-refractivity contribution in [3.05, 3.63) is 52.5 Å². The molecular formula is C15H10ClNO3S. The summed E-state index contributed by atoms with van der Waals surface area (Å²) in [4.78, 5) is 12.5. The first-order valence-corrected chi connectivity index (χ1v) is 7.03. The molecular weight excluding hydrogens is 310 g/mol. The Morgan fingerprint density at radius 2 is 2.10 bits per heavy atom. The molecule has 2 rings (SSSR count). The zero-order valence-corrected chi connectivity index (χ0v) is 12.5. The predicted octanol–water partition coefficient (Wildman–Crippen LogP) is 4.07. The Morgan fingerprint density at radius 1 is 1.33 bits per heavy atom. The molecule has 0 saturated heterocycles. The van der Waals surface area contributed by atoms with E-state index in [1.54, 1.807) is 31.4 Å². The number of hydrogen-bond donors (Lipinski definition) is 1. The lowest BCUT2D eigenvalue weighted by Gasteiger charge is -2.08. The highest BCUT2D eigenvalue weighted by Crippen LogP contribution is 2.34. The molecule has 0 aliphatic heterocycles. The average molecular weight is 320 g/mol. The maximum atomic E-state index is 11.1. The van der Waals surface area contributed by atoms with E-state index < -0.39 is 5.97 Å². The van der Waals surface area contributed by atoms with Crippen molar-refractivity contribution in [2.24, 2.45) is 0 Å². The summed E-state index contributed by atoms with van der Waals surface area (Å²) in [6.07, 6.45) is 0. The van der Waals surface area contributed by atoms with Crippen LogP contribution in [-0.2, 0) is 0 Å². The van der Waals surface area contributed by atoms with Crippen molar-refractivity contribution in [1.82, 2.24) is 0 Å². The second-order valence-electron chi connectivity index (χ2n) is 4.02. The molecule has 0 saturated carbocycles. The fraction of sp³-hybridized carbons (Fsp3) is 0.0667. The third-order valence-corrected chi connectivity index (χ3v) is 4.08. The van der Waals surface area contributed by atoms with Crippen LogP contribution in [0.3, 0.4) is 0 Å². The SMILES string of the molecule is COc1ccc(C#N)c(Sc2ccc(Cl)c(C(=O)O)c2)c1. The highest BCUT2D eigenvalue weighted by atomic mass is 35.5. The zero-order chi connectivity index (χ0) is 15.4. The molecule has 0 aliphatic rings. The molecule has 0 bridgehead atoms. The van der Waals surface area contributed by atoms with Crippen molar-refractivity contribution < 1.29 is 14.6 Å². The van der Waals surface area contributed by atoms with E-state index in [1.165, 1.54) is 23.9 Å². The quantitative estimate of drug-likeness (QED) is 0.919. The molecule has 1 N–H and O–H groups in total. The Kier molecular flexibility index (Phi) is 4.73. The highest BCUT2D eigenvalue weighted by molar-refractivity contribution is 7.99. The molecule has 4 nitrogen and oxygen atoms in total. The van der Waals surface area contributed by atoms with Crippen LogP contribution in [0.2, 0.25) is 5.02 Å². The molecule has 0 radical (unpaired) electrons. The smallest absolute Gasteiger partial charge is 0.337 e. The van der Waals surface area contributed by atoms with Gasteiger partial charge in [-0.25, -0.2) is 4.79 Å². The summed E-state index contributed by atoms with van der Waals surface area (Å²) in [5, 5.41) is 18.4. The van der Waals surface area contributed by atoms with Gasteiger partial charge >= 0.3 is 5.97 Å². The van der Waals surface area contributed by atoms with Gasteiger partial charge in [-0.2, -0.15) is 5.26 Å². The summed E-state index contributed by atoms with van der Waals surface area (Å²) in [5.41, 5.74) is 0.524. The standard InChI is InChI=1S/C15H10ClNO3S/c1-20-10-3-2-9(8-17)14(6-10)21-11-4-5-13(16)12(7-11)15(18)19/h2-7H,1H3,(H,18,19). The monoisotopic (exact) mass is 319 g/mol. The molecule has 21 heavy (non-hydrogen) atoms. The number of carboxylic acid groups (broad SMARTS) is 1. The molecule has 0 unspecified atom stereocenters. The number of aromatic carboxylic acids is 1. The van der Waals surface area contributed by atoms with Crippen molar-refractivity contribution >= 4 is 29.3 Å². The van der Waals surface area contributed by atoms with Gasteiger partial charge in [0.05, 0.1) is 23.3 Å². The number of nitriles is 1. The molecule has 0 amide bonds. The zero-order valence-electron chi connectivity index (χ0n) is 11.0. The van der Waals surface area contributed by atoms with Crippen molar-refractivity contribution in [2.45, 2.75) is 9.79 Å². The average Bonchev–Trinajstić information content (AvgIpc) is 2.48. The maximum absolute atomic E-state index is 11.1. The van der Waals surface area contributed by atoms with Crippen LogP contribution in [-0.4, -0.2) is 18.2 Å². The summed E-state index contributed by atoms with van der Waals surface area (Å²) < 4.78 is 5.14. The van der Waals surface area contributed by atoms with Gasteiger partial charge in [0.1, 0.15) is 11.8 Å². The fourth-order valence-corrected chi connectivity index (χ4v) is 2.83. The van der Waals surface area contributed by atoms with Crippen LogP contribution in [0.1, 0.15) is 15.9 Å². The largest absolute Gasteiger partial charge is 0.497 e. The normalized spacial score (nSPS) is 9.95. The van der Waals surface area contributed by atoms with E-state index in [0.29, 0.717) is 21.1 Å². The number of carbonyl (C=O) groups is 1. The van der Waals surface area contributed by atoms with Gasteiger partial charge in [0.25, 0.3) is 0 Å². The molecule has 2 aromatic rings. The predicted molar refractivity (Wildman–Crippen MR) is 80.2 cm³/mol. The number of hydrogen-bond acceptors (Lipinski definition) is 4. The van der Waals surface area contributed by atoms with Gasteiger partial charge in [-0.15, -0.1) is 0 Å². The van der Waals surface area contributed by atoms with Crippen molar-refractivity contribution in [2.75, 3.05) is 7.11 Å². The first-order valence-electron chi connectivity index (χ1n) is 5.84. The van der Waals surface area contributed by atoms with Crippen LogP contribution in [0.15, 0.2) is 46.2 Å². The number of halogens is 1. The molecule has 0 atom stereocenters. The minimum Gasteiger partial charge on any atom is -0.497 e. The number of methoxy groups -OCH3 is 1. The minimum atomic E-state index is -1.09.